The van der Waals surface area contributed by atoms with Gasteiger partial charge in [0, 0.05) is 31.7 Å². The second-order valence-electron chi connectivity index (χ2n) is 15.3. The molecule has 2 aromatic heterocycles. The number of halogens is 1. The van der Waals surface area contributed by atoms with Crippen LogP contribution in [0.1, 0.15) is 22.3 Å². The van der Waals surface area contributed by atoms with Crippen LogP contribution in [0.15, 0.2) is 148 Å². The lowest BCUT2D eigenvalue weighted by Gasteiger charge is -2.28. The Morgan fingerprint density at radius 1 is 0.721 bits per heavy atom. The molecule has 21 heteroatoms. The second-order valence-corrected chi connectivity index (χ2v) is 19.6. The van der Waals surface area contributed by atoms with Gasteiger partial charge in [-0.15, -0.1) is 10.2 Å². The van der Waals surface area contributed by atoms with E-state index in [1.165, 1.54) is 25.1 Å². The highest BCUT2D eigenvalue weighted by Crippen LogP contribution is 2.41. The summed E-state index contributed by atoms with van der Waals surface area (Å²) in [6.45, 7) is -1.91. The topological polar surface area (TPSA) is 228 Å². The number of aromatic nitrogens is 5. The first kappa shape index (κ1) is 49.2. The van der Waals surface area contributed by atoms with Crippen LogP contribution in [0.4, 0.5) is 4.79 Å². The number of rotatable bonds is 21. The summed E-state index contributed by atoms with van der Waals surface area (Å²) < 4.78 is 82.1. The monoisotopic (exact) mass is 1030 g/mol. The molecule has 1 amide bonds. The van der Waals surface area contributed by atoms with Crippen LogP contribution >= 0.6 is 15.9 Å². The number of nitrogens with one attached hydrogen (secondary N) is 1. The molecule has 0 bridgehead atoms. The Bertz CT molecular complexity index is 3010. The van der Waals surface area contributed by atoms with E-state index in [4.69, 9.17) is 14.2 Å². The number of pyridine rings is 1. The van der Waals surface area contributed by atoms with Gasteiger partial charge in [0.2, 0.25) is 25.9 Å². The van der Waals surface area contributed by atoms with Crippen molar-refractivity contribution in [1.29, 1.82) is 0 Å². The van der Waals surface area contributed by atoms with Crippen LogP contribution < -0.4 is 18.9 Å². The van der Waals surface area contributed by atoms with Crippen molar-refractivity contribution < 1.29 is 46.1 Å². The Labute approximate surface area is 402 Å². The smallest absolute Gasteiger partial charge is 0.407 e. The van der Waals surface area contributed by atoms with Gasteiger partial charge in [-0.25, -0.2) is 31.3 Å². The number of ether oxygens (including phenoxy) is 3. The number of tetrazole rings is 1. The number of aliphatic hydroxyl groups is 1. The lowest BCUT2D eigenvalue weighted by molar-refractivity contribution is 0.130. The van der Waals surface area contributed by atoms with Crippen molar-refractivity contribution in [2.75, 3.05) is 34.5 Å². The van der Waals surface area contributed by atoms with Crippen molar-refractivity contribution in [2.45, 2.75) is 42.0 Å². The molecular weight excluding hydrogens is 981 g/mol. The van der Waals surface area contributed by atoms with Gasteiger partial charge >= 0.3 is 6.09 Å². The first-order chi connectivity index (χ1) is 32.7. The highest BCUT2D eigenvalue weighted by molar-refractivity contribution is 9.10. The molecule has 7 aromatic rings. The molecule has 0 saturated carbocycles. The Morgan fingerprint density at radius 2 is 1.28 bits per heavy atom. The van der Waals surface area contributed by atoms with Crippen molar-refractivity contribution >= 4 is 42.1 Å². The zero-order valence-electron chi connectivity index (χ0n) is 37.0. The number of carbonyl (C=O) groups is 1. The van der Waals surface area contributed by atoms with Crippen molar-refractivity contribution in [3.05, 3.63) is 160 Å². The SMILES string of the molecule is COc1ccc(CN(Cc2ccc(OC)cc2)S(=O)(=O)c2c(S(=O)(=O)N[C@H](CO)CN(Cc3ccccc3)C(=O)O)ccc(-c3cccc(Br)n3)c2-c2nnn(Cc3ccc(OC)cc3)n2)cc1. The standard InChI is InChI=1S/C47H47BrN8O10S2/c1-64-37-18-12-33(13-19-37)27-55(28-34-14-20-38(65-2)21-15-34)68(62,63)45-42(67(60,61)52-36(31-57)30-54(47(58)59)26-32-8-5-4-6-9-32)25-24-40(41-10-7-11-43(48)49-41)44(45)46-50-53-56(51-46)29-35-16-22-39(66-3)23-17-35/h4-25,36,52,57H,26-31H2,1-3H3,(H,58,59)/t36-/m0/s1. The second kappa shape index (κ2) is 21.9. The van der Waals surface area contributed by atoms with Crippen LogP contribution in [0.25, 0.3) is 22.6 Å². The summed E-state index contributed by atoms with van der Waals surface area (Å²) in [7, 11) is -5.48. The summed E-state index contributed by atoms with van der Waals surface area (Å²) in [5, 5.41) is 34.1. The summed E-state index contributed by atoms with van der Waals surface area (Å²) >= 11 is 3.41. The van der Waals surface area contributed by atoms with Gasteiger partial charge in [-0.2, -0.15) is 9.10 Å². The Balaban J connectivity index is 1.44. The summed E-state index contributed by atoms with van der Waals surface area (Å²) in [6, 6.07) is 35.3. The summed E-state index contributed by atoms with van der Waals surface area (Å²) in [5.74, 6) is 1.43. The minimum atomic E-state index is -5.02. The molecule has 68 heavy (non-hydrogen) atoms. The van der Waals surface area contributed by atoms with E-state index in [0.29, 0.717) is 38.5 Å². The normalized spacial score (nSPS) is 12.1. The van der Waals surface area contributed by atoms with E-state index in [1.807, 2.05) is 0 Å². The predicted molar refractivity (Wildman–Crippen MR) is 255 cm³/mol. The number of nitrogens with zero attached hydrogens (tertiary/aromatic N) is 7. The predicted octanol–water partition coefficient (Wildman–Crippen LogP) is 6.45. The largest absolute Gasteiger partial charge is 0.497 e. The summed E-state index contributed by atoms with van der Waals surface area (Å²) in [6.07, 6.45) is -1.38. The van der Waals surface area contributed by atoms with Crippen LogP contribution in [0.3, 0.4) is 0 Å². The Hall–Kier alpha value is -6.75. The van der Waals surface area contributed by atoms with E-state index >= 15 is 16.8 Å². The van der Waals surface area contributed by atoms with E-state index in [2.05, 4.69) is 41.0 Å². The van der Waals surface area contributed by atoms with Crippen molar-refractivity contribution in [1.82, 2.24) is 39.1 Å². The van der Waals surface area contributed by atoms with Gasteiger partial charge < -0.3 is 29.3 Å². The Kier molecular flexibility index (Phi) is 15.8. The number of hydrogen-bond donors (Lipinski definition) is 3. The number of benzene rings is 5. The molecule has 0 fully saturated rings. The number of sulfonamides is 2. The van der Waals surface area contributed by atoms with Gasteiger partial charge in [0.25, 0.3) is 0 Å². The van der Waals surface area contributed by atoms with E-state index < -0.39 is 55.1 Å². The maximum absolute atomic E-state index is 16.0. The third-order valence-corrected chi connectivity index (χ3v) is 14.7. The minimum absolute atomic E-state index is 0.0887. The fourth-order valence-electron chi connectivity index (χ4n) is 7.25. The first-order valence-electron chi connectivity index (χ1n) is 20.8. The van der Waals surface area contributed by atoms with Crippen LogP contribution in [0.2, 0.25) is 0 Å². The highest BCUT2D eigenvalue weighted by Gasteiger charge is 2.39. The zero-order chi connectivity index (χ0) is 48.4. The van der Waals surface area contributed by atoms with Gasteiger partial charge in [-0.05, 0) is 98.0 Å². The number of aliphatic hydroxyl groups excluding tert-OH is 1. The minimum Gasteiger partial charge on any atom is -0.497 e. The van der Waals surface area contributed by atoms with Crippen molar-refractivity contribution in [3.8, 4) is 39.9 Å². The quantitative estimate of drug-likeness (QED) is 0.0658. The summed E-state index contributed by atoms with van der Waals surface area (Å²) in [5.41, 5.74) is 2.56. The number of carboxylic acid groups (broad SMARTS) is 1. The number of hydrogen-bond acceptors (Lipinski definition) is 13. The number of amides is 1. The van der Waals surface area contributed by atoms with Gasteiger partial charge in [0.15, 0.2) is 0 Å². The molecule has 0 aliphatic rings. The molecule has 0 aliphatic heterocycles. The fourth-order valence-corrected chi connectivity index (χ4v) is 11.2. The zero-order valence-corrected chi connectivity index (χ0v) is 40.2. The molecule has 0 unspecified atom stereocenters. The highest BCUT2D eigenvalue weighted by atomic mass is 79.9. The third-order valence-electron chi connectivity index (χ3n) is 10.7. The third kappa shape index (κ3) is 11.9. The molecule has 7 rings (SSSR count). The molecule has 0 saturated heterocycles. The molecule has 2 heterocycles. The van der Waals surface area contributed by atoms with Crippen LogP contribution in [0, 0.1) is 0 Å². The van der Waals surface area contributed by atoms with Crippen LogP contribution in [-0.2, 0) is 46.2 Å². The summed E-state index contributed by atoms with van der Waals surface area (Å²) in [4.78, 5) is 17.8. The maximum atomic E-state index is 16.0. The van der Waals surface area contributed by atoms with Gasteiger partial charge in [-0.1, -0.05) is 78.9 Å². The molecule has 1 atom stereocenters. The Morgan fingerprint density at radius 3 is 1.81 bits per heavy atom. The number of methoxy groups -OCH3 is 3. The van der Waals surface area contributed by atoms with Crippen LogP contribution in [0.5, 0.6) is 17.2 Å². The molecule has 0 spiro atoms. The van der Waals surface area contributed by atoms with E-state index in [9.17, 15) is 15.0 Å². The molecule has 3 N–H and O–H groups in total. The van der Waals surface area contributed by atoms with Crippen molar-refractivity contribution in [2.24, 2.45) is 0 Å². The van der Waals surface area contributed by atoms with E-state index in [-0.39, 0.29) is 48.8 Å². The van der Waals surface area contributed by atoms with E-state index in [1.54, 1.807) is 128 Å². The first-order valence-corrected chi connectivity index (χ1v) is 24.5. The molecule has 5 aromatic carbocycles. The lowest BCUT2D eigenvalue weighted by Crippen LogP contribution is -2.47. The van der Waals surface area contributed by atoms with Gasteiger partial charge in [0.05, 0.1) is 51.8 Å². The van der Waals surface area contributed by atoms with Crippen LogP contribution in [-0.4, -0.2) is 108 Å². The van der Waals surface area contributed by atoms with Gasteiger partial charge in [0.1, 0.15) is 31.6 Å². The lowest BCUT2D eigenvalue weighted by atomic mass is 10.0. The average molecular weight is 1030 g/mol. The average Bonchev–Trinajstić information content (AvgIpc) is 3.81. The molecule has 0 aliphatic carbocycles. The fraction of sp³-hybridized carbons (Fsp3) is 0.213. The maximum Gasteiger partial charge on any atom is 0.407 e. The van der Waals surface area contributed by atoms with Gasteiger partial charge in [-0.3, -0.25) is 0 Å². The molecule has 0 radical (unpaired) electrons. The van der Waals surface area contributed by atoms with Crippen molar-refractivity contribution in [3.63, 3.8) is 0 Å². The molecular formula is C47H47BrN8O10S2. The molecule has 18 nitrogen and oxygen atoms in total. The van der Waals surface area contributed by atoms with E-state index in [0.717, 1.165) is 20.8 Å². The molecule has 354 valence electrons.